The van der Waals surface area contributed by atoms with Crippen LogP contribution in [0.1, 0.15) is 22.0 Å². The molecule has 0 bridgehead atoms. The highest BCUT2D eigenvalue weighted by Crippen LogP contribution is 2.33. The average molecular weight is 418 g/mol. The molecule has 0 spiro atoms. The number of H-pyrrole nitrogens is 1. The predicted molar refractivity (Wildman–Crippen MR) is 98.2 cm³/mol. The lowest BCUT2D eigenvalue weighted by Gasteiger charge is -2.16. The number of rotatable bonds is 4. The van der Waals surface area contributed by atoms with Crippen molar-refractivity contribution in [1.29, 1.82) is 0 Å². The Balaban J connectivity index is 1.66. The van der Waals surface area contributed by atoms with Crippen LogP contribution in [0, 0.1) is 5.82 Å². The van der Waals surface area contributed by atoms with Crippen molar-refractivity contribution in [3.63, 3.8) is 0 Å². The number of nitrogens with zero attached hydrogens (tertiary/aromatic N) is 5. The van der Waals surface area contributed by atoms with Gasteiger partial charge in [-0.05, 0) is 36.4 Å². The normalized spacial score (nSPS) is 11.8. The van der Waals surface area contributed by atoms with E-state index in [1.165, 1.54) is 7.05 Å². The lowest BCUT2D eigenvalue weighted by molar-refractivity contribution is -0.143. The van der Waals surface area contributed by atoms with E-state index in [1.807, 2.05) is 6.07 Å². The van der Waals surface area contributed by atoms with Crippen LogP contribution in [0.5, 0.6) is 0 Å². The Morgan fingerprint density at radius 1 is 1.13 bits per heavy atom. The van der Waals surface area contributed by atoms with Crippen LogP contribution in [0.3, 0.4) is 0 Å². The summed E-state index contributed by atoms with van der Waals surface area (Å²) in [7, 11) is 1.34. The molecule has 4 rings (SSSR count). The summed E-state index contributed by atoms with van der Waals surface area (Å²) in [6.45, 7) is -0.0613. The molecule has 1 N–H and O–H groups in total. The second kappa shape index (κ2) is 7.25. The molecule has 0 aliphatic carbocycles. The summed E-state index contributed by atoms with van der Waals surface area (Å²) < 4.78 is 54.8. The van der Waals surface area contributed by atoms with Gasteiger partial charge in [0.25, 0.3) is 5.91 Å². The molecule has 154 valence electrons. The zero-order valence-corrected chi connectivity index (χ0v) is 15.5. The molecule has 0 fully saturated rings. The van der Waals surface area contributed by atoms with E-state index in [4.69, 9.17) is 0 Å². The number of hydrogen-bond donors (Lipinski definition) is 1. The van der Waals surface area contributed by atoms with Crippen LogP contribution < -0.4 is 0 Å². The van der Waals surface area contributed by atoms with E-state index >= 15 is 0 Å². The van der Waals surface area contributed by atoms with Crippen LogP contribution >= 0.6 is 0 Å². The number of aromatic nitrogens is 5. The van der Waals surface area contributed by atoms with Crippen molar-refractivity contribution in [1.82, 2.24) is 29.9 Å². The van der Waals surface area contributed by atoms with Gasteiger partial charge in [-0.3, -0.25) is 4.79 Å². The summed E-state index contributed by atoms with van der Waals surface area (Å²) in [4.78, 5) is 21.1. The van der Waals surface area contributed by atoms with E-state index in [1.54, 1.807) is 18.2 Å². The molecule has 0 saturated heterocycles. The molecule has 0 atom stereocenters. The highest BCUT2D eigenvalue weighted by Gasteiger charge is 2.42. The molecule has 2 aromatic heterocycles. The topological polar surface area (TPSA) is 79.7 Å². The van der Waals surface area contributed by atoms with Crippen LogP contribution in [-0.2, 0) is 12.7 Å². The number of fused-ring (bicyclic) bond motifs is 1. The molecule has 0 unspecified atom stereocenters. The Kier molecular flexibility index (Phi) is 4.72. The van der Waals surface area contributed by atoms with E-state index in [9.17, 15) is 22.4 Å². The van der Waals surface area contributed by atoms with Gasteiger partial charge in [-0.15, -0.1) is 5.10 Å². The number of aromatic amines is 1. The van der Waals surface area contributed by atoms with Gasteiger partial charge in [-0.25, -0.2) is 14.1 Å². The minimum absolute atomic E-state index is 0.0613. The van der Waals surface area contributed by atoms with E-state index in [0.29, 0.717) is 16.0 Å². The lowest BCUT2D eigenvalue weighted by Crippen LogP contribution is -2.29. The van der Waals surface area contributed by atoms with Crippen LogP contribution in [0.15, 0.2) is 48.5 Å². The number of carbonyl (C=O) groups is 1. The third kappa shape index (κ3) is 3.61. The summed E-state index contributed by atoms with van der Waals surface area (Å²) in [5, 5.41) is 6.95. The van der Waals surface area contributed by atoms with Crippen molar-refractivity contribution in [2.24, 2.45) is 0 Å². The number of benzene rings is 2. The summed E-state index contributed by atoms with van der Waals surface area (Å²) in [5.74, 6) is -1.18. The van der Waals surface area contributed by atoms with Gasteiger partial charge in [0.1, 0.15) is 11.6 Å². The Morgan fingerprint density at radius 3 is 2.50 bits per heavy atom. The van der Waals surface area contributed by atoms with Gasteiger partial charge in [0.05, 0.1) is 23.3 Å². The minimum atomic E-state index is -4.91. The van der Waals surface area contributed by atoms with Gasteiger partial charge in [-0.1, -0.05) is 17.3 Å². The first-order valence-corrected chi connectivity index (χ1v) is 8.72. The monoisotopic (exact) mass is 418 g/mol. The molecule has 0 aliphatic rings. The lowest BCUT2D eigenvalue weighted by atomic mass is 10.2. The molecular weight excluding hydrogens is 404 g/mol. The van der Waals surface area contributed by atoms with Gasteiger partial charge in [-0.2, -0.15) is 13.2 Å². The Morgan fingerprint density at radius 2 is 1.83 bits per heavy atom. The first kappa shape index (κ1) is 19.6. The van der Waals surface area contributed by atoms with Gasteiger partial charge >= 0.3 is 6.18 Å². The first-order chi connectivity index (χ1) is 14.2. The number of hydrogen-bond acceptors (Lipinski definition) is 4. The van der Waals surface area contributed by atoms with E-state index in [0.717, 1.165) is 34.7 Å². The first-order valence-electron chi connectivity index (χ1n) is 8.72. The molecule has 4 aromatic rings. The third-order valence-corrected chi connectivity index (χ3v) is 4.38. The van der Waals surface area contributed by atoms with E-state index in [2.05, 4.69) is 20.3 Å². The number of para-hydroxylation sites is 2. The number of halogens is 4. The van der Waals surface area contributed by atoms with Crippen LogP contribution in [-0.4, -0.2) is 42.8 Å². The van der Waals surface area contributed by atoms with Crippen molar-refractivity contribution in [2.45, 2.75) is 12.7 Å². The zero-order chi connectivity index (χ0) is 21.5. The molecule has 11 heteroatoms. The predicted octanol–water partition coefficient (Wildman–Crippen LogP) is 3.57. The van der Waals surface area contributed by atoms with E-state index < -0.39 is 29.3 Å². The molecule has 2 aromatic carbocycles. The standard InChI is InChI=1S/C19H14F4N6O/c1-28(10-15-24-13-4-2-3-5-14(13)25-15)18(30)16-17(19(21,22)23)29(27-26-16)12-8-6-11(20)7-9-12/h2-9H,10H2,1H3,(H,24,25). The van der Waals surface area contributed by atoms with Crippen LogP contribution in [0.25, 0.3) is 16.7 Å². The molecule has 2 heterocycles. The highest BCUT2D eigenvalue weighted by molar-refractivity contribution is 5.93. The fraction of sp³-hybridized carbons (Fsp3) is 0.158. The quantitative estimate of drug-likeness (QED) is 0.514. The molecular formula is C19H14F4N6O. The molecule has 7 nitrogen and oxygen atoms in total. The summed E-state index contributed by atoms with van der Waals surface area (Å²) in [6, 6.07) is 11.4. The SMILES string of the molecule is CN(Cc1nc2ccccc2[nH]1)C(=O)c1nnn(-c2ccc(F)cc2)c1C(F)(F)F. The summed E-state index contributed by atoms with van der Waals surface area (Å²) in [6.07, 6.45) is -4.91. The molecule has 0 aliphatic heterocycles. The zero-order valence-electron chi connectivity index (χ0n) is 15.5. The maximum atomic E-state index is 13.7. The fourth-order valence-electron chi connectivity index (χ4n) is 3.00. The van der Waals surface area contributed by atoms with Crippen molar-refractivity contribution in [2.75, 3.05) is 7.05 Å². The Bertz CT molecular complexity index is 1180. The van der Waals surface area contributed by atoms with Gasteiger partial charge in [0.15, 0.2) is 11.4 Å². The maximum absolute atomic E-state index is 13.7. The average Bonchev–Trinajstić information content (AvgIpc) is 3.31. The van der Waals surface area contributed by atoms with Crippen molar-refractivity contribution in [3.05, 3.63) is 71.6 Å². The summed E-state index contributed by atoms with van der Waals surface area (Å²) in [5.41, 5.74) is -0.852. The summed E-state index contributed by atoms with van der Waals surface area (Å²) >= 11 is 0. The largest absolute Gasteiger partial charge is 0.435 e. The maximum Gasteiger partial charge on any atom is 0.435 e. The number of carbonyl (C=O) groups excluding carboxylic acids is 1. The second-order valence-corrected chi connectivity index (χ2v) is 6.53. The molecule has 30 heavy (non-hydrogen) atoms. The number of imidazole rings is 1. The van der Waals surface area contributed by atoms with Crippen LogP contribution in [0.2, 0.25) is 0 Å². The fourth-order valence-corrected chi connectivity index (χ4v) is 3.00. The molecule has 0 radical (unpaired) electrons. The minimum Gasteiger partial charge on any atom is -0.340 e. The van der Waals surface area contributed by atoms with Crippen molar-refractivity contribution >= 4 is 16.9 Å². The van der Waals surface area contributed by atoms with Crippen molar-refractivity contribution < 1.29 is 22.4 Å². The molecule has 0 saturated carbocycles. The number of nitrogens with one attached hydrogen (secondary N) is 1. The van der Waals surface area contributed by atoms with Gasteiger partial charge < -0.3 is 9.88 Å². The Hall–Kier alpha value is -3.76. The highest BCUT2D eigenvalue weighted by atomic mass is 19.4. The van der Waals surface area contributed by atoms with Crippen molar-refractivity contribution in [3.8, 4) is 5.69 Å². The second-order valence-electron chi connectivity index (χ2n) is 6.53. The van der Waals surface area contributed by atoms with Crippen LogP contribution in [0.4, 0.5) is 17.6 Å². The molecule has 1 amide bonds. The van der Waals surface area contributed by atoms with Gasteiger partial charge in [0.2, 0.25) is 0 Å². The van der Waals surface area contributed by atoms with E-state index in [-0.39, 0.29) is 12.2 Å². The number of alkyl halides is 3. The van der Waals surface area contributed by atoms with Gasteiger partial charge in [0, 0.05) is 7.05 Å². The number of amides is 1. The Labute approximate surface area is 166 Å². The smallest absolute Gasteiger partial charge is 0.340 e. The third-order valence-electron chi connectivity index (χ3n) is 4.38.